The number of rotatable bonds is 9. The van der Waals surface area contributed by atoms with Gasteiger partial charge in [0.2, 0.25) is 0 Å². The van der Waals surface area contributed by atoms with Crippen molar-refractivity contribution in [1.82, 2.24) is 0 Å². The zero-order valence-corrected chi connectivity index (χ0v) is 14.0. The Morgan fingerprint density at radius 2 is 1.70 bits per heavy atom. The van der Waals surface area contributed by atoms with E-state index in [1.165, 1.54) is 12.8 Å². The SMILES string of the molecule is C=CCCCCC1(CC)OC(CC)C(CC)OC1CC. The van der Waals surface area contributed by atoms with Crippen LogP contribution in [-0.2, 0) is 9.47 Å². The van der Waals surface area contributed by atoms with Gasteiger partial charge in [0.05, 0.1) is 23.9 Å². The number of unbranched alkanes of at least 4 members (excludes halogenated alkanes) is 2. The summed E-state index contributed by atoms with van der Waals surface area (Å²) in [6, 6.07) is 0. The Balaban J connectivity index is 2.75. The Bertz CT molecular complexity index is 277. The van der Waals surface area contributed by atoms with Gasteiger partial charge in [-0.15, -0.1) is 6.58 Å². The second kappa shape index (κ2) is 8.84. The summed E-state index contributed by atoms with van der Waals surface area (Å²) in [5, 5.41) is 0. The highest BCUT2D eigenvalue weighted by atomic mass is 16.6. The van der Waals surface area contributed by atoms with Crippen LogP contribution in [0.15, 0.2) is 12.7 Å². The van der Waals surface area contributed by atoms with Gasteiger partial charge >= 0.3 is 0 Å². The van der Waals surface area contributed by atoms with E-state index in [1.807, 2.05) is 6.08 Å². The van der Waals surface area contributed by atoms with Crippen LogP contribution in [0.2, 0.25) is 0 Å². The standard InChI is InChI=1S/C18H34O2/c1-6-11-12-13-14-18(10-5)17(9-4)19-15(7-2)16(8-3)20-18/h6,15-17H,1,7-14H2,2-5H3. The molecule has 0 aromatic heterocycles. The molecule has 0 aromatic carbocycles. The van der Waals surface area contributed by atoms with E-state index in [1.54, 1.807) is 0 Å². The summed E-state index contributed by atoms with van der Waals surface area (Å²) < 4.78 is 13.0. The van der Waals surface area contributed by atoms with Gasteiger partial charge in [-0.1, -0.05) is 40.2 Å². The lowest BCUT2D eigenvalue weighted by atomic mass is 9.83. The van der Waals surface area contributed by atoms with Gasteiger partial charge in [0.15, 0.2) is 0 Å². The molecule has 20 heavy (non-hydrogen) atoms. The predicted molar refractivity (Wildman–Crippen MR) is 86.1 cm³/mol. The van der Waals surface area contributed by atoms with E-state index in [4.69, 9.17) is 9.47 Å². The van der Waals surface area contributed by atoms with E-state index in [0.29, 0.717) is 0 Å². The highest BCUT2D eigenvalue weighted by Crippen LogP contribution is 2.39. The van der Waals surface area contributed by atoms with E-state index in [9.17, 15) is 0 Å². The Hall–Kier alpha value is -0.340. The molecule has 4 atom stereocenters. The molecule has 0 aliphatic carbocycles. The summed E-state index contributed by atoms with van der Waals surface area (Å²) >= 11 is 0. The summed E-state index contributed by atoms with van der Waals surface area (Å²) in [7, 11) is 0. The Morgan fingerprint density at radius 1 is 1.00 bits per heavy atom. The van der Waals surface area contributed by atoms with Crippen molar-refractivity contribution in [3.63, 3.8) is 0 Å². The molecule has 1 aliphatic rings. The van der Waals surface area contributed by atoms with Crippen LogP contribution in [0.5, 0.6) is 0 Å². The number of ether oxygens (including phenoxy) is 2. The fraction of sp³-hybridized carbons (Fsp3) is 0.889. The molecule has 1 heterocycles. The fourth-order valence-electron chi connectivity index (χ4n) is 3.47. The first-order valence-electron chi connectivity index (χ1n) is 8.61. The van der Waals surface area contributed by atoms with Crippen molar-refractivity contribution in [2.75, 3.05) is 0 Å². The monoisotopic (exact) mass is 282 g/mol. The van der Waals surface area contributed by atoms with Gasteiger partial charge in [0.1, 0.15) is 0 Å². The van der Waals surface area contributed by atoms with Gasteiger partial charge in [0, 0.05) is 0 Å². The molecule has 0 spiro atoms. The van der Waals surface area contributed by atoms with Crippen molar-refractivity contribution >= 4 is 0 Å². The van der Waals surface area contributed by atoms with Crippen LogP contribution >= 0.6 is 0 Å². The van der Waals surface area contributed by atoms with E-state index in [2.05, 4.69) is 34.3 Å². The van der Waals surface area contributed by atoms with Crippen molar-refractivity contribution in [3.05, 3.63) is 12.7 Å². The minimum absolute atomic E-state index is 0.0672. The number of hydrogen-bond acceptors (Lipinski definition) is 2. The molecule has 0 amide bonds. The van der Waals surface area contributed by atoms with Crippen molar-refractivity contribution in [3.8, 4) is 0 Å². The topological polar surface area (TPSA) is 18.5 Å². The molecule has 0 aromatic rings. The summed E-state index contributed by atoms with van der Waals surface area (Å²) in [5.41, 5.74) is -0.0672. The molecule has 118 valence electrons. The summed E-state index contributed by atoms with van der Waals surface area (Å²) in [6.07, 6.45) is 11.6. The Labute approximate surface area is 125 Å². The second-order valence-corrected chi connectivity index (χ2v) is 6.00. The Morgan fingerprint density at radius 3 is 2.20 bits per heavy atom. The smallest absolute Gasteiger partial charge is 0.0945 e. The number of hydrogen-bond donors (Lipinski definition) is 0. The van der Waals surface area contributed by atoms with Crippen molar-refractivity contribution in [2.24, 2.45) is 0 Å². The van der Waals surface area contributed by atoms with E-state index in [0.717, 1.165) is 38.5 Å². The average Bonchev–Trinajstić information content (AvgIpc) is 2.50. The molecular formula is C18H34O2. The molecule has 1 saturated heterocycles. The van der Waals surface area contributed by atoms with Crippen LogP contribution in [0.3, 0.4) is 0 Å². The first kappa shape index (κ1) is 17.7. The third-order valence-corrected chi connectivity index (χ3v) is 4.76. The molecule has 2 nitrogen and oxygen atoms in total. The highest BCUT2D eigenvalue weighted by Gasteiger charge is 2.46. The zero-order valence-electron chi connectivity index (χ0n) is 14.0. The molecule has 0 N–H and O–H groups in total. The van der Waals surface area contributed by atoms with Crippen molar-refractivity contribution in [1.29, 1.82) is 0 Å². The molecule has 2 heteroatoms. The largest absolute Gasteiger partial charge is 0.369 e. The van der Waals surface area contributed by atoms with Gasteiger partial charge in [-0.3, -0.25) is 0 Å². The van der Waals surface area contributed by atoms with Crippen molar-refractivity contribution in [2.45, 2.75) is 103 Å². The quantitative estimate of drug-likeness (QED) is 0.424. The lowest BCUT2D eigenvalue weighted by Gasteiger charge is -2.50. The van der Waals surface area contributed by atoms with Gasteiger partial charge in [-0.2, -0.15) is 0 Å². The van der Waals surface area contributed by atoms with Crippen LogP contribution in [-0.4, -0.2) is 23.9 Å². The molecule has 1 rings (SSSR count). The third-order valence-electron chi connectivity index (χ3n) is 4.76. The average molecular weight is 282 g/mol. The minimum Gasteiger partial charge on any atom is -0.369 e. The molecule has 1 aliphatic heterocycles. The fourth-order valence-corrected chi connectivity index (χ4v) is 3.47. The van der Waals surface area contributed by atoms with Crippen LogP contribution in [0.4, 0.5) is 0 Å². The minimum atomic E-state index is -0.0672. The second-order valence-electron chi connectivity index (χ2n) is 6.00. The molecule has 4 unspecified atom stereocenters. The molecule has 0 saturated carbocycles. The zero-order chi connectivity index (χ0) is 15.0. The van der Waals surface area contributed by atoms with Crippen molar-refractivity contribution < 1.29 is 9.47 Å². The van der Waals surface area contributed by atoms with Crippen LogP contribution in [0.1, 0.15) is 79.1 Å². The third kappa shape index (κ3) is 4.08. The molecule has 0 radical (unpaired) electrons. The highest BCUT2D eigenvalue weighted by molar-refractivity contribution is 4.94. The Kier molecular flexibility index (Phi) is 7.83. The lowest BCUT2D eigenvalue weighted by Crippen LogP contribution is -2.57. The first-order chi connectivity index (χ1) is 9.67. The predicted octanol–water partition coefficient (Wildman–Crippen LogP) is 5.26. The van der Waals surface area contributed by atoms with Crippen LogP contribution in [0.25, 0.3) is 0 Å². The van der Waals surface area contributed by atoms with Gasteiger partial charge < -0.3 is 9.47 Å². The van der Waals surface area contributed by atoms with E-state index in [-0.39, 0.29) is 23.9 Å². The van der Waals surface area contributed by atoms with Gasteiger partial charge in [-0.25, -0.2) is 0 Å². The summed E-state index contributed by atoms with van der Waals surface area (Å²) in [5.74, 6) is 0. The maximum absolute atomic E-state index is 6.61. The van der Waals surface area contributed by atoms with Crippen LogP contribution < -0.4 is 0 Å². The van der Waals surface area contributed by atoms with Gasteiger partial charge in [0.25, 0.3) is 0 Å². The van der Waals surface area contributed by atoms with Gasteiger partial charge in [-0.05, 0) is 44.9 Å². The molecule has 0 bridgehead atoms. The normalized spacial score (nSPS) is 34.1. The number of allylic oxidation sites excluding steroid dienone is 1. The maximum atomic E-state index is 6.61. The molecule has 1 fully saturated rings. The van der Waals surface area contributed by atoms with E-state index < -0.39 is 0 Å². The lowest BCUT2D eigenvalue weighted by molar-refractivity contribution is -0.275. The summed E-state index contributed by atoms with van der Waals surface area (Å²) in [6.45, 7) is 12.7. The van der Waals surface area contributed by atoms with Crippen LogP contribution in [0, 0.1) is 0 Å². The van der Waals surface area contributed by atoms with E-state index >= 15 is 0 Å². The molecular weight excluding hydrogens is 248 g/mol. The first-order valence-corrected chi connectivity index (χ1v) is 8.61. The summed E-state index contributed by atoms with van der Waals surface area (Å²) in [4.78, 5) is 0. The maximum Gasteiger partial charge on any atom is 0.0945 e.